The molecule has 1 rings (SSSR count). The van der Waals surface area contributed by atoms with Crippen molar-refractivity contribution in [3.63, 3.8) is 0 Å². The minimum atomic E-state index is 0.967. The molecular formula is C12H19IN2. The zero-order chi connectivity index (χ0) is 10.8. The lowest BCUT2D eigenvalue weighted by atomic mass is 10.2. The lowest BCUT2D eigenvalue weighted by Crippen LogP contribution is -2.14. The molecule has 1 heterocycles. The Labute approximate surface area is 106 Å². The molecular weight excluding hydrogens is 299 g/mol. The Balaban J connectivity index is 1.93. The summed E-state index contributed by atoms with van der Waals surface area (Å²) in [4.78, 5) is 4.00. The highest BCUT2D eigenvalue weighted by molar-refractivity contribution is 14.1. The van der Waals surface area contributed by atoms with Crippen molar-refractivity contribution in [1.82, 2.24) is 10.3 Å². The van der Waals surface area contributed by atoms with Crippen LogP contribution in [-0.4, -0.2) is 16.0 Å². The van der Waals surface area contributed by atoms with Crippen LogP contribution >= 0.6 is 22.6 Å². The maximum absolute atomic E-state index is 4.00. The van der Waals surface area contributed by atoms with Crippen LogP contribution in [0.15, 0.2) is 24.5 Å². The number of aromatic nitrogens is 1. The topological polar surface area (TPSA) is 24.9 Å². The van der Waals surface area contributed by atoms with Gasteiger partial charge in [-0.15, -0.1) is 0 Å². The van der Waals surface area contributed by atoms with Crippen molar-refractivity contribution < 1.29 is 0 Å². The van der Waals surface area contributed by atoms with Gasteiger partial charge in [-0.05, 0) is 41.5 Å². The number of rotatable bonds is 8. The smallest absolute Gasteiger partial charge is 0.0271 e. The first-order chi connectivity index (χ1) is 7.43. The summed E-state index contributed by atoms with van der Waals surface area (Å²) >= 11 is 2.44. The van der Waals surface area contributed by atoms with E-state index in [9.17, 15) is 0 Å². The Kier molecular flexibility index (Phi) is 7.83. The average molecular weight is 318 g/mol. The van der Waals surface area contributed by atoms with E-state index in [1.165, 1.54) is 35.7 Å². The molecule has 0 aliphatic carbocycles. The molecule has 0 bridgehead atoms. The fourth-order valence-corrected chi connectivity index (χ4v) is 1.97. The number of hydrogen-bond acceptors (Lipinski definition) is 2. The molecule has 0 saturated heterocycles. The summed E-state index contributed by atoms with van der Waals surface area (Å²) in [6, 6.07) is 4.12. The molecule has 0 saturated carbocycles. The summed E-state index contributed by atoms with van der Waals surface area (Å²) in [5, 5.41) is 3.45. The van der Waals surface area contributed by atoms with Gasteiger partial charge in [0.05, 0.1) is 0 Å². The van der Waals surface area contributed by atoms with E-state index < -0.39 is 0 Å². The van der Waals surface area contributed by atoms with Gasteiger partial charge in [-0.2, -0.15) is 0 Å². The largest absolute Gasteiger partial charge is 0.313 e. The zero-order valence-corrected chi connectivity index (χ0v) is 11.2. The van der Waals surface area contributed by atoms with Crippen molar-refractivity contribution >= 4 is 22.6 Å². The van der Waals surface area contributed by atoms with Crippen LogP contribution in [0.1, 0.15) is 31.2 Å². The van der Waals surface area contributed by atoms with E-state index in [0.717, 1.165) is 13.1 Å². The molecule has 1 aromatic heterocycles. The van der Waals surface area contributed by atoms with Crippen LogP contribution in [0.2, 0.25) is 0 Å². The van der Waals surface area contributed by atoms with Gasteiger partial charge in [0.15, 0.2) is 0 Å². The van der Waals surface area contributed by atoms with Crippen molar-refractivity contribution in [2.75, 3.05) is 11.0 Å². The van der Waals surface area contributed by atoms with Gasteiger partial charge in [0.25, 0.3) is 0 Å². The van der Waals surface area contributed by atoms with E-state index in [0.29, 0.717) is 0 Å². The van der Waals surface area contributed by atoms with Crippen LogP contribution < -0.4 is 5.32 Å². The summed E-state index contributed by atoms with van der Waals surface area (Å²) < 4.78 is 1.29. The fourth-order valence-electron chi connectivity index (χ4n) is 1.43. The highest BCUT2D eigenvalue weighted by atomic mass is 127. The standard InChI is InChI=1S/C12H19IN2/c13-7-3-1-2-4-8-15-11-12-5-9-14-10-6-12/h5-6,9-10,15H,1-4,7-8,11H2. The van der Waals surface area contributed by atoms with Crippen molar-refractivity contribution in [3.05, 3.63) is 30.1 Å². The van der Waals surface area contributed by atoms with E-state index in [-0.39, 0.29) is 0 Å². The van der Waals surface area contributed by atoms with Gasteiger partial charge in [-0.3, -0.25) is 4.98 Å². The Bertz CT molecular complexity index is 239. The lowest BCUT2D eigenvalue weighted by molar-refractivity contribution is 0.600. The number of nitrogens with zero attached hydrogens (tertiary/aromatic N) is 1. The van der Waals surface area contributed by atoms with Crippen LogP contribution in [0.5, 0.6) is 0 Å². The summed E-state index contributed by atoms with van der Waals surface area (Å²) in [5.74, 6) is 0. The minimum Gasteiger partial charge on any atom is -0.313 e. The second-order valence-corrected chi connectivity index (χ2v) is 4.71. The monoisotopic (exact) mass is 318 g/mol. The fraction of sp³-hybridized carbons (Fsp3) is 0.583. The third-order valence-electron chi connectivity index (χ3n) is 2.32. The third-order valence-corrected chi connectivity index (χ3v) is 3.08. The van der Waals surface area contributed by atoms with E-state index >= 15 is 0 Å². The lowest BCUT2D eigenvalue weighted by Gasteiger charge is -2.04. The van der Waals surface area contributed by atoms with E-state index in [4.69, 9.17) is 0 Å². The van der Waals surface area contributed by atoms with Gasteiger partial charge in [0.1, 0.15) is 0 Å². The molecule has 15 heavy (non-hydrogen) atoms. The Morgan fingerprint density at radius 1 is 1.07 bits per heavy atom. The number of hydrogen-bond donors (Lipinski definition) is 1. The quantitative estimate of drug-likeness (QED) is 0.452. The molecule has 0 amide bonds. The summed E-state index contributed by atoms with van der Waals surface area (Å²) in [5.41, 5.74) is 1.32. The SMILES string of the molecule is ICCCCCCNCc1ccncc1. The molecule has 0 atom stereocenters. The molecule has 0 radical (unpaired) electrons. The molecule has 1 aromatic rings. The van der Waals surface area contributed by atoms with E-state index in [1.807, 2.05) is 12.4 Å². The first kappa shape index (κ1) is 12.9. The second-order valence-electron chi connectivity index (χ2n) is 3.64. The summed E-state index contributed by atoms with van der Waals surface area (Å²) in [6.07, 6.45) is 9.08. The molecule has 0 aliphatic rings. The number of pyridine rings is 1. The van der Waals surface area contributed by atoms with Crippen molar-refractivity contribution in [3.8, 4) is 0 Å². The average Bonchev–Trinajstić information content (AvgIpc) is 2.29. The minimum absolute atomic E-state index is 0.967. The highest BCUT2D eigenvalue weighted by Gasteiger charge is 1.91. The molecule has 2 nitrogen and oxygen atoms in total. The highest BCUT2D eigenvalue weighted by Crippen LogP contribution is 2.01. The molecule has 0 aliphatic heterocycles. The first-order valence-corrected chi connectivity index (χ1v) is 7.11. The normalized spacial score (nSPS) is 10.5. The molecule has 1 N–H and O–H groups in total. The predicted molar refractivity (Wildman–Crippen MR) is 73.3 cm³/mol. The van der Waals surface area contributed by atoms with Gasteiger partial charge in [0, 0.05) is 18.9 Å². The zero-order valence-electron chi connectivity index (χ0n) is 9.08. The molecule has 84 valence electrons. The van der Waals surface area contributed by atoms with Gasteiger partial charge < -0.3 is 5.32 Å². The van der Waals surface area contributed by atoms with Gasteiger partial charge >= 0.3 is 0 Å². The van der Waals surface area contributed by atoms with Gasteiger partial charge in [-0.25, -0.2) is 0 Å². The van der Waals surface area contributed by atoms with Crippen LogP contribution in [0.3, 0.4) is 0 Å². The Morgan fingerprint density at radius 3 is 2.53 bits per heavy atom. The molecule has 0 unspecified atom stereocenters. The third kappa shape index (κ3) is 6.84. The number of nitrogens with one attached hydrogen (secondary N) is 1. The predicted octanol–water partition coefficient (Wildman–Crippen LogP) is 3.17. The van der Waals surface area contributed by atoms with Crippen LogP contribution in [0.25, 0.3) is 0 Å². The van der Waals surface area contributed by atoms with Gasteiger partial charge in [-0.1, -0.05) is 35.4 Å². The molecule has 0 aromatic carbocycles. The van der Waals surface area contributed by atoms with Crippen molar-refractivity contribution in [1.29, 1.82) is 0 Å². The van der Waals surface area contributed by atoms with E-state index in [2.05, 4.69) is 45.0 Å². The van der Waals surface area contributed by atoms with Crippen LogP contribution in [0.4, 0.5) is 0 Å². The number of halogens is 1. The van der Waals surface area contributed by atoms with Gasteiger partial charge in [0.2, 0.25) is 0 Å². The first-order valence-electron chi connectivity index (χ1n) is 5.59. The maximum atomic E-state index is 4.00. The Hall–Kier alpha value is -0.160. The molecule has 0 fully saturated rings. The van der Waals surface area contributed by atoms with Crippen molar-refractivity contribution in [2.45, 2.75) is 32.2 Å². The number of alkyl halides is 1. The number of unbranched alkanes of at least 4 members (excludes halogenated alkanes) is 3. The van der Waals surface area contributed by atoms with Crippen molar-refractivity contribution in [2.24, 2.45) is 0 Å². The molecule has 3 heteroatoms. The van der Waals surface area contributed by atoms with Crippen LogP contribution in [-0.2, 0) is 6.54 Å². The summed E-state index contributed by atoms with van der Waals surface area (Å²) in [7, 11) is 0. The summed E-state index contributed by atoms with van der Waals surface area (Å²) in [6.45, 7) is 2.10. The maximum Gasteiger partial charge on any atom is 0.0271 e. The van der Waals surface area contributed by atoms with Crippen LogP contribution in [0, 0.1) is 0 Å². The Morgan fingerprint density at radius 2 is 1.80 bits per heavy atom. The van der Waals surface area contributed by atoms with E-state index in [1.54, 1.807) is 0 Å². The molecule has 0 spiro atoms. The second kappa shape index (κ2) is 9.09.